The van der Waals surface area contributed by atoms with Crippen molar-refractivity contribution in [1.29, 1.82) is 5.26 Å². The molecule has 0 bridgehead atoms. The van der Waals surface area contributed by atoms with Crippen LogP contribution in [-0.2, 0) is 0 Å². The lowest BCUT2D eigenvalue weighted by Crippen LogP contribution is -1.65. The first-order valence-corrected chi connectivity index (χ1v) is 5.66. The Bertz CT molecular complexity index is 475. The minimum absolute atomic E-state index is 0.970. The molecule has 0 amide bonds. The van der Waals surface area contributed by atoms with Gasteiger partial charge in [-0.15, -0.1) is 11.3 Å². The number of thiazole rings is 1. The van der Waals surface area contributed by atoms with Crippen LogP contribution in [0, 0.1) is 11.3 Å². The third-order valence-corrected chi connectivity index (χ3v) is 3.52. The Morgan fingerprint density at radius 3 is 3.07 bits per heavy atom. The van der Waals surface area contributed by atoms with Crippen molar-refractivity contribution in [3.63, 3.8) is 0 Å². The molecule has 1 heterocycles. The van der Waals surface area contributed by atoms with Crippen LogP contribution in [0.3, 0.4) is 0 Å². The first-order valence-electron chi connectivity index (χ1n) is 3.97. The molecule has 0 aliphatic heterocycles. The van der Waals surface area contributed by atoms with Gasteiger partial charge in [0.25, 0.3) is 0 Å². The van der Waals surface area contributed by atoms with Gasteiger partial charge in [-0.05, 0) is 17.5 Å². The first-order chi connectivity index (χ1) is 6.90. The highest BCUT2D eigenvalue weighted by atomic mass is 32.2. The van der Waals surface area contributed by atoms with Gasteiger partial charge in [0.05, 0.1) is 16.3 Å². The Morgan fingerprint density at radius 2 is 2.29 bits per heavy atom. The predicted octanol–water partition coefficient (Wildman–Crippen LogP) is 3.43. The number of nitrogens with zero attached hydrogens (tertiary/aromatic N) is 2. The molecule has 2 aromatic rings. The van der Waals surface area contributed by atoms with E-state index in [1.54, 1.807) is 16.7 Å². The zero-order chi connectivity index (χ0) is 9.80. The van der Waals surface area contributed by atoms with Gasteiger partial charge in [0.1, 0.15) is 0 Å². The number of fused-ring (bicyclic) bond motifs is 1. The number of allylic oxidation sites excluding steroid dienone is 1. The largest absolute Gasteiger partial charge is 0.229 e. The van der Waals surface area contributed by atoms with E-state index in [0.717, 1.165) is 9.86 Å². The van der Waals surface area contributed by atoms with Crippen LogP contribution in [0.1, 0.15) is 0 Å². The molecule has 0 saturated carbocycles. The molecule has 0 aliphatic rings. The number of hydrogen-bond donors (Lipinski definition) is 0. The minimum atomic E-state index is 0.970. The molecule has 2 rings (SSSR count). The number of benzene rings is 1. The van der Waals surface area contributed by atoms with Gasteiger partial charge in [-0.2, -0.15) is 5.26 Å². The fourth-order valence-electron chi connectivity index (χ4n) is 1.02. The quantitative estimate of drug-likeness (QED) is 0.572. The molecule has 14 heavy (non-hydrogen) atoms. The Labute approximate surface area is 89.9 Å². The summed E-state index contributed by atoms with van der Waals surface area (Å²) in [6.07, 6.45) is 1.46. The lowest BCUT2D eigenvalue weighted by molar-refractivity contribution is 1.31. The molecule has 0 unspecified atom stereocenters. The Hall–Kier alpha value is -1.31. The second-order valence-electron chi connectivity index (χ2n) is 2.50. The van der Waals surface area contributed by atoms with Crippen LogP contribution in [0.15, 0.2) is 40.1 Å². The van der Waals surface area contributed by atoms with Crippen molar-refractivity contribution >= 4 is 33.3 Å². The monoisotopic (exact) mass is 218 g/mol. The van der Waals surface area contributed by atoms with Crippen LogP contribution < -0.4 is 0 Å². The van der Waals surface area contributed by atoms with Gasteiger partial charge in [-0.3, -0.25) is 0 Å². The molecule has 1 aromatic carbocycles. The summed E-state index contributed by atoms with van der Waals surface area (Å²) in [6.45, 7) is 0. The summed E-state index contributed by atoms with van der Waals surface area (Å²) in [6, 6.07) is 9.96. The van der Waals surface area contributed by atoms with Crippen molar-refractivity contribution in [3.8, 4) is 6.07 Å². The molecule has 0 atom stereocenters. The van der Waals surface area contributed by atoms with Crippen molar-refractivity contribution in [3.05, 3.63) is 35.7 Å². The third-order valence-electron chi connectivity index (χ3n) is 1.59. The SMILES string of the molecule is N#C/C=C/Sc1nc2ccccc2s1. The number of hydrogen-bond acceptors (Lipinski definition) is 4. The Kier molecular flexibility index (Phi) is 2.82. The second kappa shape index (κ2) is 4.27. The summed E-state index contributed by atoms with van der Waals surface area (Å²) in [7, 11) is 0. The molecule has 0 aliphatic carbocycles. The Balaban J connectivity index is 2.28. The standard InChI is InChI=1S/C10H6N2S2/c11-6-3-7-13-10-12-8-4-1-2-5-9(8)14-10/h1-5,7H/b7-3+. The number of aromatic nitrogens is 1. The zero-order valence-corrected chi connectivity index (χ0v) is 8.81. The van der Waals surface area contributed by atoms with Crippen molar-refractivity contribution in [2.24, 2.45) is 0 Å². The molecule has 0 spiro atoms. The minimum Gasteiger partial charge on any atom is -0.229 e. The van der Waals surface area contributed by atoms with Crippen LogP contribution in [0.4, 0.5) is 0 Å². The molecule has 0 fully saturated rings. The second-order valence-corrected chi connectivity index (χ2v) is 4.68. The molecule has 1 aromatic heterocycles. The van der Waals surface area contributed by atoms with Crippen LogP contribution in [0.5, 0.6) is 0 Å². The molecule has 2 nitrogen and oxygen atoms in total. The number of para-hydroxylation sites is 1. The average molecular weight is 218 g/mol. The maximum atomic E-state index is 8.32. The molecule has 68 valence electrons. The zero-order valence-electron chi connectivity index (χ0n) is 7.18. The van der Waals surface area contributed by atoms with E-state index in [2.05, 4.69) is 4.98 Å². The smallest absolute Gasteiger partial charge is 0.155 e. The number of rotatable bonds is 2. The third kappa shape index (κ3) is 1.95. The van der Waals surface area contributed by atoms with Gasteiger partial charge in [0.15, 0.2) is 4.34 Å². The molecule has 0 N–H and O–H groups in total. The lowest BCUT2D eigenvalue weighted by Gasteiger charge is -1.81. The van der Waals surface area contributed by atoms with Crippen molar-refractivity contribution in [2.75, 3.05) is 0 Å². The summed E-state index contributed by atoms with van der Waals surface area (Å²) in [5.74, 6) is 0. The van der Waals surface area contributed by atoms with Gasteiger partial charge >= 0.3 is 0 Å². The highest BCUT2D eigenvalue weighted by Crippen LogP contribution is 2.29. The van der Waals surface area contributed by atoms with E-state index in [0.29, 0.717) is 0 Å². The van der Waals surface area contributed by atoms with Crippen molar-refractivity contribution in [1.82, 2.24) is 4.98 Å². The molecule has 4 heteroatoms. The normalized spacial score (nSPS) is 10.8. The van der Waals surface area contributed by atoms with Crippen molar-refractivity contribution in [2.45, 2.75) is 4.34 Å². The van der Waals surface area contributed by atoms with E-state index in [1.807, 2.05) is 30.3 Å². The van der Waals surface area contributed by atoms with Crippen LogP contribution in [0.25, 0.3) is 10.2 Å². The summed E-state index contributed by atoms with van der Waals surface area (Å²) in [5, 5.41) is 10.1. The van der Waals surface area contributed by atoms with E-state index >= 15 is 0 Å². The van der Waals surface area contributed by atoms with Crippen LogP contribution in [0.2, 0.25) is 0 Å². The molecular weight excluding hydrogens is 212 g/mol. The number of nitriles is 1. The van der Waals surface area contributed by atoms with E-state index in [1.165, 1.54) is 22.5 Å². The topological polar surface area (TPSA) is 36.7 Å². The van der Waals surface area contributed by atoms with Gasteiger partial charge in [0, 0.05) is 6.08 Å². The maximum Gasteiger partial charge on any atom is 0.155 e. The highest BCUT2D eigenvalue weighted by Gasteiger charge is 2.00. The number of thioether (sulfide) groups is 1. The summed E-state index contributed by atoms with van der Waals surface area (Å²) >= 11 is 3.11. The molecule has 0 radical (unpaired) electrons. The summed E-state index contributed by atoms with van der Waals surface area (Å²) < 4.78 is 2.15. The van der Waals surface area contributed by atoms with Crippen LogP contribution in [-0.4, -0.2) is 4.98 Å². The molecule has 0 saturated heterocycles. The fourth-order valence-corrected chi connectivity index (χ4v) is 2.75. The summed E-state index contributed by atoms with van der Waals surface area (Å²) in [5.41, 5.74) is 1.02. The van der Waals surface area contributed by atoms with Gasteiger partial charge < -0.3 is 0 Å². The average Bonchev–Trinajstić information content (AvgIpc) is 2.60. The molecular formula is C10H6N2S2. The predicted molar refractivity (Wildman–Crippen MR) is 60.2 cm³/mol. The van der Waals surface area contributed by atoms with Gasteiger partial charge in [0.2, 0.25) is 0 Å². The lowest BCUT2D eigenvalue weighted by atomic mass is 10.3. The maximum absolute atomic E-state index is 8.32. The van der Waals surface area contributed by atoms with E-state index in [9.17, 15) is 0 Å². The van der Waals surface area contributed by atoms with E-state index in [-0.39, 0.29) is 0 Å². The highest BCUT2D eigenvalue weighted by molar-refractivity contribution is 8.03. The Morgan fingerprint density at radius 1 is 1.43 bits per heavy atom. The van der Waals surface area contributed by atoms with Crippen molar-refractivity contribution < 1.29 is 0 Å². The van der Waals surface area contributed by atoms with E-state index < -0.39 is 0 Å². The van der Waals surface area contributed by atoms with Gasteiger partial charge in [-0.25, -0.2) is 4.98 Å². The van der Waals surface area contributed by atoms with E-state index in [4.69, 9.17) is 5.26 Å². The van der Waals surface area contributed by atoms with Gasteiger partial charge in [-0.1, -0.05) is 23.9 Å². The fraction of sp³-hybridized carbons (Fsp3) is 0. The van der Waals surface area contributed by atoms with Crippen LogP contribution >= 0.6 is 23.1 Å². The summed E-state index contributed by atoms with van der Waals surface area (Å²) in [4.78, 5) is 4.41. The first kappa shape index (κ1) is 9.25.